The van der Waals surface area contributed by atoms with E-state index in [4.69, 9.17) is 20.2 Å². The maximum absolute atomic E-state index is 13.2. The zero-order valence-corrected chi connectivity index (χ0v) is 23.0. The molecule has 1 aliphatic heterocycles. The van der Waals surface area contributed by atoms with Crippen LogP contribution in [0.3, 0.4) is 0 Å². The van der Waals surface area contributed by atoms with E-state index in [1.165, 1.54) is 11.8 Å². The minimum atomic E-state index is -4.41. The molecule has 6 nitrogen and oxygen atoms in total. The van der Waals surface area contributed by atoms with Crippen LogP contribution in [0.5, 0.6) is 0 Å². The number of aromatic amines is 1. The summed E-state index contributed by atoms with van der Waals surface area (Å²) in [6, 6.07) is 9.43. The van der Waals surface area contributed by atoms with Gasteiger partial charge in [0.25, 0.3) is 0 Å². The van der Waals surface area contributed by atoms with Crippen molar-refractivity contribution in [1.82, 2.24) is 14.8 Å². The van der Waals surface area contributed by atoms with Crippen molar-refractivity contribution >= 4 is 33.9 Å². The fraction of sp³-hybridized carbons (Fsp3) is 0.444. The van der Waals surface area contributed by atoms with Gasteiger partial charge >= 0.3 is 11.9 Å². The number of aromatic nitrogens is 1. The van der Waals surface area contributed by atoms with Gasteiger partial charge in [-0.05, 0) is 55.2 Å². The molecule has 206 valence electrons. The molecule has 0 amide bonds. The Morgan fingerprint density at radius 3 is 2.63 bits per heavy atom. The lowest BCUT2D eigenvalue weighted by atomic mass is 10.0. The van der Waals surface area contributed by atoms with Crippen LogP contribution >= 0.6 is 11.6 Å². The number of rotatable bonds is 10. The van der Waals surface area contributed by atoms with Gasteiger partial charge in [-0.3, -0.25) is 9.88 Å². The van der Waals surface area contributed by atoms with E-state index in [2.05, 4.69) is 27.8 Å². The molecule has 1 unspecified atom stereocenters. The number of oxazole rings is 1. The number of halogens is 4. The molecule has 0 aliphatic carbocycles. The summed E-state index contributed by atoms with van der Waals surface area (Å²) in [5, 5.41) is 0.108. The van der Waals surface area contributed by atoms with Gasteiger partial charge in [0.2, 0.25) is 0 Å². The van der Waals surface area contributed by atoms with E-state index < -0.39 is 28.7 Å². The van der Waals surface area contributed by atoms with Crippen molar-refractivity contribution in [2.24, 2.45) is 0 Å². The monoisotopic (exact) mass is 570 g/mol. The van der Waals surface area contributed by atoms with Crippen LogP contribution in [-0.2, 0) is 28.0 Å². The number of piperazine rings is 1. The average Bonchev–Trinajstić information content (AvgIpc) is 3.26. The van der Waals surface area contributed by atoms with Crippen molar-refractivity contribution in [2.75, 3.05) is 45.6 Å². The number of alkyl halides is 3. The molecule has 0 saturated carbocycles. The first kappa shape index (κ1) is 28.6. The second-order valence-corrected chi connectivity index (χ2v) is 11.5. The zero-order valence-electron chi connectivity index (χ0n) is 21.4. The number of hydrogen-bond donors (Lipinski definition) is 1. The largest absolute Gasteiger partial charge is 0.417 e. The quantitative estimate of drug-likeness (QED) is 0.309. The molecule has 0 spiro atoms. The maximum atomic E-state index is 13.2. The average molecular weight is 571 g/mol. The van der Waals surface area contributed by atoms with Gasteiger partial charge in [0, 0.05) is 49.5 Å². The Bertz CT molecular complexity index is 1320. The van der Waals surface area contributed by atoms with Crippen LogP contribution in [0.15, 0.2) is 62.3 Å². The van der Waals surface area contributed by atoms with Gasteiger partial charge in [-0.25, -0.2) is 4.79 Å². The highest BCUT2D eigenvalue weighted by Crippen LogP contribution is 2.32. The minimum absolute atomic E-state index is 0.108. The van der Waals surface area contributed by atoms with Crippen molar-refractivity contribution in [3.05, 3.63) is 74.9 Å². The second-order valence-electron chi connectivity index (χ2n) is 9.17. The van der Waals surface area contributed by atoms with Gasteiger partial charge in [-0.1, -0.05) is 24.6 Å². The van der Waals surface area contributed by atoms with Gasteiger partial charge in [-0.15, -0.1) is 0 Å². The summed E-state index contributed by atoms with van der Waals surface area (Å²) in [6.07, 6.45) is -0.219. The minimum Gasteiger partial charge on any atom is -0.408 e. The summed E-state index contributed by atoms with van der Waals surface area (Å²) >= 11 is 5.54. The molecule has 0 radical (unpaired) electrons. The van der Waals surface area contributed by atoms with Crippen LogP contribution in [0.2, 0.25) is 5.02 Å². The van der Waals surface area contributed by atoms with Gasteiger partial charge in [-0.2, -0.15) is 17.4 Å². The standard InChI is InChI=1S/C27H31ClF3N3O3S/c1-3-4-22(6-5-19-15-20(27(29,30)31)17-21(28)16-19)34-11-9-33(10-12-34)13-14-38(36-2)23-7-8-24-25(18-23)37-26(35)32-24/h4,7-8,15-18H,3,5-6,9-14H2,1-2H3/p+1/b22-4-. The Hall–Kier alpha value is -2.40. The van der Waals surface area contributed by atoms with Crippen molar-refractivity contribution < 1.29 is 21.8 Å². The molecular formula is C27H32ClF3N3O3S+. The molecule has 2 aromatic carbocycles. The van der Waals surface area contributed by atoms with E-state index in [9.17, 15) is 18.0 Å². The Morgan fingerprint density at radius 1 is 1.18 bits per heavy atom. The summed E-state index contributed by atoms with van der Waals surface area (Å²) in [6.45, 7) is 6.44. The van der Waals surface area contributed by atoms with Gasteiger partial charge in [0.15, 0.2) is 27.4 Å². The molecule has 38 heavy (non-hydrogen) atoms. The highest BCUT2D eigenvalue weighted by atomic mass is 35.5. The fourth-order valence-electron chi connectivity index (χ4n) is 4.69. The van der Waals surface area contributed by atoms with Gasteiger partial charge in [0.05, 0.1) is 18.2 Å². The molecular weight excluding hydrogens is 539 g/mol. The molecule has 1 aliphatic rings. The first-order chi connectivity index (χ1) is 18.2. The Balaban J connectivity index is 1.30. The SMILES string of the molecule is CC/C=C(/CCc1cc(Cl)cc(C(F)(F)F)c1)N1CCN(CC[S+](OC)c2ccc3[nH]c(=O)oc3c2)CC1. The predicted molar refractivity (Wildman–Crippen MR) is 146 cm³/mol. The van der Waals surface area contributed by atoms with Gasteiger partial charge in [0.1, 0.15) is 0 Å². The molecule has 2 heterocycles. The molecule has 1 saturated heterocycles. The van der Waals surface area contributed by atoms with E-state index in [0.717, 1.165) is 55.9 Å². The lowest BCUT2D eigenvalue weighted by Crippen LogP contribution is -2.47. The van der Waals surface area contributed by atoms with Crippen LogP contribution in [-0.4, -0.2) is 60.4 Å². The first-order valence-corrected chi connectivity index (χ1v) is 14.3. The maximum Gasteiger partial charge on any atom is 0.417 e. The molecule has 4 rings (SSSR count). The fourth-order valence-corrected chi connectivity index (χ4v) is 6.43. The van der Waals surface area contributed by atoms with E-state index in [1.54, 1.807) is 13.2 Å². The van der Waals surface area contributed by atoms with Crippen LogP contribution < -0.4 is 5.76 Å². The van der Waals surface area contributed by atoms with E-state index in [0.29, 0.717) is 29.5 Å². The van der Waals surface area contributed by atoms with Crippen molar-refractivity contribution in [3.63, 3.8) is 0 Å². The molecule has 0 bridgehead atoms. The van der Waals surface area contributed by atoms with E-state index in [-0.39, 0.29) is 5.02 Å². The van der Waals surface area contributed by atoms with Gasteiger partial charge < -0.3 is 9.32 Å². The summed E-state index contributed by atoms with van der Waals surface area (Å²) in [5.74, 6) is 0.354. The summed E-state index contributed by atoms with van der Waals surface area (Å²) in [7, 11) is 1.69. The number of H-pyrrole nitrogens is 1. The topological polar surface area (TPSA) is 61.7 Å². The number of aryl methyl sites for hydroxylation is 1. The number of nitrogens with zero attached hydrogens (tertiary/aromatic N) is 2. The summed E-state index contributed by atoms with van der Waals surface area (Å²) < 4.78 is 50.5. The molecule has 1 atom stereocenters. The molecule has 3 aromatic rings. The van der Waals surface area contributed by atoms with Crippen molar-refractivity contribution in [2.45, 2.75) is 37.3 Å². The zero-order chi connectivity index (χ0) is 27.3. The summed E-state index contributed by atoms with van der Waals surface area (Å²) in [5.41, 5.74) is 2.25. The molecule has 1 N–H and O–H groups in total. The van der Waals surface area contributed by atoms with Crippen LogP contribution in [0.1, 0.15) is 30.9 Å². The second kappa shape index (κ2) is 12.6. The number of nitrogens with one attached hydrogen (secondary N) is 1. The van der Waals surface area contributed by atoms with Crippen LogP contribution in [0, 0.1) is 0 Å². The highest BCUT2D eigenvalue weighted by molar-refractivity contribution is 7.92. The highest BCUT2D eigenvalue weighted by Gasteiger charge is 2.31. The Labute approximate surface area is 227 Å². The van der Waals surface area contributed by atoms with Crippen LogP contribution in [0.4, 0.5) is 13.2 Å². The first-order valence-electron chi connectivity index (χ1n) is 12.6. The van der Waals surface area contributed by atoms with Crippen LogP contribution in [0.25, 0.3) is 11.1 Å². The smallest absolute Gasteiger partial charge is 0.408 e. The third-order valence-corrected chi connectivity index (χ3v) is 8.58. The molecule has 1 aromatic heterocycles. The Kier molecular flexibility index (Phi) is 9.51. The third-order valence-electron chi connectivity index (χ3n) is 6.62. The third kappa shape index (κ3) is 7.37. The molecule has 11 heteroatoms. The van der Waals surface area contributed by atoms with E-state index >= 15 is 0 Å². The summed E-state index contributed by atoms with van der Waals surface area (Å²) in [4.78, 5) is 19.8. The normalized spacial score (nSPS) is 16.4. The number of allylic oxidation sites excluding steroid dienone is 2. The van der Waals surface area contributed by atoms with E-state index in [1.807, 2.05) is 18.2 Å². The van der Waals surface area contributed by atoms with Crippen molar-refractivity contribution in [3.8, 4) is 0 Å². The number of benzene rings is 2. The lowest BCUT2D eigenvalue weighted by Gasteiger charge is -2.37. The number of fused-ring (bicyclic) bond motifs is 1. The predicted octanol–water partition coefficient (Wildman–Crippen LogP) is 5.88. The Morgan fingerprint density at radius 2 is 1.95 bits per heavy atom. The number of hydrogen-bond acceptors (Lipinski definition) is 5. The van der Waals surface area contributed by atoms with Crippen molar-refractivity contribution in [1.29, 1.82) is 0 Å². The molecule has 1 fully saturated rings. The lowest BCUT2D eigenvalue weighted by molar-refractivity contribution is -0.137.